The van der Waals surface area contributed by atoms with Gasteiger partial charge in [0, 0.05) is 35.1 Å². The van der Waals surface area contributed by atoms with Gasteiger partial charge < -0.3 is 9.67 Å². The molecule has 6 heteroatoms. The van der Waals surface area contributed by atoms with Crippen molar-refractivity contribution in [3.63, 3.8) is 0 Å². The van der Waals surface area contributed by atoms with Gasteiger partial charge >= 0.3 is 5.97 Å². The zero-order valence-corrected chi connectivity index (χ0v) is 17.3. The molecule has 0 bridgehead atoms. The third-order valence-corrected chi connectivity index (χ3v) is 6.78. The summed E-state index contributed by atoms with van der Waals surface area (Å²) in [7, 11) is 0. The Hall–Kier alpha value is -2.73. The van der Waals surface area contributed by atoms with Crippen molar-refractivity contribution in [1.29, 1.82) is 0 Å². The van der Waals surface area contributed by atoms with Crippen LogP contribution in [0.2, 0.25) is 0 Å². The molecule has 1 N–H and O–H groups in total. The van der Waals surface area contributed by atoms with Gasteiger partial charge in [0.1, 0.15) is 5.56 Å². The van der Waals surface area contributed by atoms with Crippen molar-refractivity contribution in [1.82, 2.24) is 8.94 Å². The number of allylic oxidation sites excluding steroid dienone is 6. The number of carboxylic acid groups (broad SMARTS) is 1. The average Bonchev–Trinajstić information content (AvgIpc) is 3.39. The van der Waals surface area contributed by atoms with Crippen LogP contribution in [-0.4, -0.2) is 20.0 Å². The molecule has 1 unspecified atom stereocenters. The highest BCUT2D eigenvalue weighted by atomic mass is 32.1. The van der Waals surface area contributed by atoms with Crippen molar-refractivity contribution in [2.45, 2.75) is 39.5 Å². The van der Waals surface area contributed by atoms with Gasteiger partial charge in [0.15, 0.2) is 5.43 Å². The first-order valence-corrected chi connectivity index (χ1v) is 10.8. The molecular formula is C23H22N2O3S. The lowest BCUT2D eigenvalue weighted by Gasteiger charge is -2.37. The fourth-order valence-electron chi connectivity index (χ4n) is 4.69. The molecule has 1 fully saturated rings. The molecule has 1 saturated carbocycles. The molecule has 1 aliphatic heterocycles. The summed E-state index contributed by atoms with van der Waals surface area (Å²) in [5, 5.41) is 11.6. The summed E-state index contributed by atoms with van der Waals surface area (Å²) in [5.41, 5.74) is 7.31. The van der Waals surface area contributed by atoms with E-state index in [2.05, 4.69) is 15.8 Å². The quantitative estimate of drug-likeness (QED) is 0.785. The van der Waals surface area contributed by atoms with Gasteiger partial charge in [-0.2, -0.15) is 0 Å². The first-order valence-electron chi connectivity index (χ1n) is 9.97. The lowest BCUT2D eigenvalue weighted by Crippen LogP contribution is -2.27. The SMILES string of the molecule is CC(C)=C1CC2CC=C(C3CC3)C(c3cnsc3)=C2c2cc(=O)c(C(=O)O)cn21. The van der Waals surface area contributed by atoms with Crippen LogP contribution in [0.3, 0.4) is 0 Å². The van der Waals surface area contributed by atoms with Gasteiger partial charge in [-0.1, -0.05) is 11.6 Å². The normalized spacial score (nSPS) is 20.8. The topological polar surface area (TPSA) is 72.2 Å². The molecule has 5 nitrogen and oxygen atoms in total. The maximum Gasteiger partial charge on any atom is 0.341 e. The van der Waals surface area contributed by atoms with E-state index < -0.39 is 11.4 Å². The Morgan fingerprint density at radius 1 is 1.28 bits per heavy atom. The van der Waals surface area contributed by atoms with E-state index in [1.807, 2.05) is 24.6 Å². The molecule has 5 rings (SSSR count). The number of nitrogens with zero attached hydrogens (tertiary/aromatic N) is 2. The molecule has 2 aromatic heterocycles. The highest BCUT2D eigenvalue weighted by Gasteiger charge is 2.38. The Kier molecular flexibility index (Phi) is 4.21. The third-order valence-electron chi connectivity index (χ3n) is 6.19. The van der Waals surface area contributed by atoms with E-state index in [-0.39, 0.29) is 11.5 Å². The Balaban J connectivity index is 1.85. The number of rotatable bonds is 3. The molecule has 0 spiro atoms. The first-order chi connectivity index (χ1) is 14.0. The van der Waals surface area contributed by atoms with E-state index in [1.165, 1.54) is 53.4 Å². The zero-order valence-electron chi connectivity index (χ0n) is 16.4. The summed E-state index contributed by atoms with van der Waals surface area (Å²) in [6.07, 6.45) is 10.0. The lowest BCUT2D eigenvalue weighted by molar-refractivity contribution is 0.0694. The van der Waals surface area contributed by atoms with Gasteiger partial charge in [-0.3, -0.25) is 4.79 Å². The van der Waals surface area contributed by atoms with Crippen molar-refractivity contribution in [2.24, 2.45) is 11.8 Å². The summed E-state index contributed by atoms with van der Waals surface area (Å²) >= 11 is 1.44. The minimum absolute atomic E-state index is 0.181. The van der Waals surface area contributed by atoms with Gasteiger partial charge in [0.25, 0.3) is 0 Å². The Bertz CT molecular complexity index is 1170. The molecule has 2 aromatic rings. The third kappa shape index (κ3) is 2.94. The van der Waals surface area contributed by atoms with Gasteiger partial charge in [0.05, 0.1) is 5.69 Å². The molecule has 0 saturated heterocycles. The van der Waals surface area contributed by atoms with Crippen LogP contribution in [0, 0.1) is 11.8 Å². The van der Waals surface area contributed by atoms with Crippen LogP contribution in [0.25, 0.3) is 16.8 Å². The molecule has 2 aliphatic carbocycles. The van der Waals surface area contributed by atoms with E-state index in [0.717, 1.165) is 35.4 Å². The van der Waals surface area contributed by atoms with Crippen LogP contribution in [0.5, 0.6) is 0 Å². The second-order valence-electron chi connectivity index (χ2n) is 8.33. The van der Waals surface area contributed by atoms with Crippen LogP contribution in [0.1, 0.15) is 61.1 Å². The van der Waals surface area contributed by atoms with Crippen LogP contribution in [0.4, 0.5) is 0 Å². The maximum atomic E-state index is 12.6. The van der Waals surface area contributed by atoms with Crippen molar-refractivity contribution >= 4 is 34.3 Å². The van der Waals surface area contributed by atoms with E-state index in [1.54, 1.807) is 0 Å². The minimum atomic E-state index is -1.18. The molecular weight excluding hydrogens is 384 g/mol. The predicted molar refractivity (Wildman–Crippen MR) is 115 cm³/mol. The first kappa shape index (κ1) is 18.3. The number of fused-ring (bicyclic) bond motifs is 3. The van der Waals surface area contributed by atoms with Crippen molar-refractivity contribution < 1.29 is 9.90 Å². The molecule has 0 radical (unpaired) electrons. The van der Waals surface area contributed by atoms with Gasteiger partial charge in [-0.25, -0.2) is 9.17 Å². The summed E-state index contributed by atoms with van der Waals surface area (Å²) in [6, 6.07) is 1.53. The average molecular weight is 407 g/mol. The molecule has 29 heavy (non-hydrogen) atoms. The number of carboxylic acids is 1. The standard InChI is InChI=1S/C23H22N2O3S/c1-12(2)18-7-14-5-6-16(13-3-4-13)21(15-9-24-29-11-15)22(14)19-8-20(26)17(23(27)28)10-25(18)19/h6,8-11,13-14H,3-5,7H2,1-2H3,(H,27,28). The number of carbonyl (C=O) groups is 1. The summed E-state index contributed by atoms with van der Waals surface area (Å²) in [5.74, 6) is -0.312. The maximum absolute atomic E-state index is 12.6. The number of pyridine rings is 1. The smallest absolute Gasteiger partial charge is 0.341 e. The van der Waals surface area contributed by atoms with Crippen LogP contribution in [-0.2, 0) is 0 Å². The van der Waals surface area contributed by atoms with Crippen LogP contribution >= 0.6 is 11.5 Å². The number of hydrogen-bond donors (Lipinski definition) is 1. The second-order valence-corrected chi connectivity index (χ2v) is 8.99. The van der Waals surface area contributed by atoms with Crippen LogP contribution in [0.15, 0.2) is 45.9 Å². The molecule has 0 amide bonds. The fourth-order valence-corrected chi connectivity index (χ4v) is 5.22. The van der Waals surface area contributed by atoms with Gasteiger partial charge in [-0.15, -0.1) is 0 Å². The van der Waals surface area contributed by atoms with E-state index in [4.69, 9.17) is 0 Å². The Morgan fingerprint density at radius 2 is 2.07 bits per heavy atom. The molecule has 3 aliphatic rings. The van der Waals surface area contributed by atoms with E-state index >= 15 is 0 Å². The van der Waals surface area contributed by atoms with E-state index in [0.29, 0.717) is 5.92 Å². The number of hydrogen-bond acceptors (Lipinski definition) is 4. The lowest BCUT2D eigenvalue weighted by atomic mass is 9.74. The second kappa shape index (κ2) is 6.66. The van der Waals surface area contributed by atoms with Gasteiger partial charge in [0.2, 0.25) is 0 Å². The molecule has 3 heterocycles. The van der Waals surface area contributed by atoms with E-state index in [9.17, 15) is 14.7 Å². The molecule has 0 aromatic carbocycles. The number of aromatic carboxylic acids is 1. The van der Waals surface area contributed by atoms with Gasteiger partial charge in [-0.05, 0) is 79.6 Å². The monoisotopic (exact) mass is 406 g/mol. The zero-order chi connectivity index (χ0) is 20.3. The van der Waals surface area contributed by atoms with Crippen molar-refractivity contribution in [2.75, 3.05) is 0 Å². The van der Waals surface area contributed by atoms with Crippen molar-refractivity contribution in [3.8, 4) is 0 Å². The highest BCUT2D eigenvalue weighted by molar-refractivity contribution is 7.03. The van der Waals surface area contributed by atoms with Crippen LogP contribution < -0.4 is 5.43 Å². The fraction of sp³-hybridized carbons (Fsp3) is 0.348. The summed E-state index contributed by atoms with van der Waals surface area (Å²) < 4.78 is 6.27. The Morgan fingerprint density at radius 3 is 2.69 bits per heavy atom. The summed E-state index contributed by atoms with van der Waals surface area (Å²) in [6.45, 7) is 4.09. The minimum Gasteiger partial charge on any atom is -0.477 e. The Labute approximate surface area is 172 Å². The predicted octanol–water partition coefficient (Wildman–Crippen LogP) is 4.92. The summed E-state index contributed by atoms with van der Waals surface area (Å²) in [4.78, 5) is 24.3. The molecule has 1 atom stereocenters. The largest absolute Gasteiger partial charge is 0.477 e. The number of aromatic nitrogens is 2. The highest BCUT2D eigenvalue weighted by Crippen LogP contribution is 2.53. The molecule has 148 valence electrons. The van der Waals surface area contributed by atoms with Crippen molar-refractivity contribution in [3.05, 3.63) is 68.1 Å².